The predicted octanol–water partition coefficient (Wildman–Crippen LogP) is 4.00. The van der Waals surface area contributed by atoms with Crippen molar-refractivity contribution in [1.82, 2.24) is 4.90 Å². The van der Waals surface area contributed by atoms with Gasteiger partial charge in [0.15, 0.2) is 0 Å². The van der Waals surface area contributed by atoms with E-state index in [0.717, 1.165) is 25.9 Å². The molecule has 0 aromatic heterocycles. The van der Waals surface area contributed by atoms with Gasteiger partial charge < -0.3 is 4.74 Å². The Morgan fingerprint density at radius 3 is 2.40 bits per heavy atom. The number of carbonyl (C=O) groups is 1. The predicted molar refractivity (Wildman–Crippen MR) is 101 cm³/mol. The Balaban J connectivity index is 1.53. The van der Waals surface area contributed by atoms with Gasteiger partial charge in [0.25, 0.3) is 0 Å². The van der Waals surface area contributed by atoms with E-state index in [1.165, 1.54) is 16.7 Å². The molecule has 4 heteroatoms. The van der Waals surface area contributed by atoms with Crippen LogP contribution in [-0.4, -0.2) is 36.4 Å². The Morgan fingerprint density at radius 1 is 1.04 bits per heavy atom. The highest BCUT2D eigenvalue weighted by atomic mass is 35.5. The Labute approximate surface area is 154 Å². The highest BCUT2D eigenvalue weighted by Gasteiger charge is 2.22. The highest BCUT2D eigenvalue weighted by Crippen LogP contribution is 2.23. The Bertz CT molecular complexity index is 672. The first-order chi connectivity index (χ1) is 12.2. The van der Waals surface area contributed by atoms with Gasteiger partial charge in [-0.1, -0.05) is 54.6 Å². The number of benzene rings is 2. The van der Waals surface area contributed by atoms with Crippen LogP contribution in [0.15, 0.2) is 54.6 Å². The summed E-state index contributed by atoms with van der Waals surface area (Å²) in [6, 6.07) is 19.3. The maximum absolute atomic E-state index is 10.9. The molecular formula is C21H24ClNO2. The molecule has 2 aromatic carbocycles. The zero-order valence-electron chi connectivity index (χ0n) is 14.4. The number of morpholine rings is 1. The molecule has 3 nitrogen and oxygen atoms in total. The van der Waals surface area contributed by atoms with Gasteiger partial charge in [-0.15, -0.1) is 0 Å². The summed E-state index contributed by atoms with van der Waals surface area (Å²) in [6.45, 7) is 3.07. The molecule has 1 fully saturated rings. The molecule has 1 unspecified atom stereocenters. The molecule has 25 heavy (non-hydrogen) atoms. The van der Waals surface area contributed by atoms with Crippen molar-refractivity contribution >= 4 is 16.8 Å². The van der Waals surface area contributed by atoms with Crippen LogP contribution in [0.5, 0.6) is 0 Å². The van der Waals surface area contributed by atoms with E-state index in [1.54, 1.807) is 0 Å². The smallest absolute Gasteiger partial charge is 0.222 e. The zero-order chi connectivity index (χ0) is 17.5. The summed E-state index contributed by atoms with van der Waals surface area (Å²) >= 11 is 5.44. The SMILES string of the molecule is O=C(Cl)CCN1CCOC(c2ccc(CCc3ccccc3)cc2)C1. The lowest BCUT2D eigenvalue weighted by atomic mass is 10.0. The molecule has 132 valence electrons. The Kier molecular flexibility index (Phi) is 6.62. The first-order valence-corrected chi connectivity index (χ1v) is 9.23. The van der Waals surface area contributed by atoms with Crippen molar-refractivity contribution in [3.63, 3.8) is 0 Å². The molecule has 0 bridgehead atoms. The van der Waals surface area contributed by atoms with Gasteiger partial charge in [0.1, 0.15) is 0 Å². The summed E-state index contributed by atoms with van der Waals surface area (Å²) in [5.74, 6) is 0. The van der Waals surface area contributed by atoms with E-state index in [4.69, 9.17) is 16.3 Å². The second-order valence-electron chi connectivity index (χ2n) is 6.49. The van der Waals surface area contributed by atoms with Gasteiger partial charge in [0.2, 0.25) is 5.24 Å². The van der Waals surface area contributed by atoms with Gasteiger partial charge in [0, 0.05) is 26.1 Å². The van der Waals surface area contributed by atoms with Crippen LogP contribution >= 0.6 is 11.6 Å². The highest BCUT2D eigenvalue weighted by molar-refractivity contribution is 6.63. The van der Waals surface area contributed by atoms with Crippen LogP contribution in [0.2, 0.25) is 0 Å². The molecule has 3 rings (SSSR count). The van der Waals surface area contributed by atoms with Gasteiger partial charge in [-0.3, -0.25) is 9.69 Å². The molecular weight excluding hydrogens is 334 g/mol. The average molecular weight is 358 g/mol. The Morgan fingerprint density at radius 2 is 1.72 bits per heavy atom. The van der Waals surface area contributed by atoms with Crippen molar-refractivity contribution in [3.8, 4) is 0 Å². The van der Waals surface area contributed by atoms with Crippen molar-refractivity contribution in [2.45, 2.75) is 25.4 Å². The number of hydrogen-bond donors (Lipinski definition) is 0. The van der Waals surface area contributed by atoms with Gasteiger partial charge in [0.05, 0.1) is 12.7 Å². The summed E-state index contributed by atoms with van der Waals surface area (Å²) in [7, 11) is 0. The van der Waals surface area contributed by atoms with Gasteiger partial charge in [-0.25, -0.2) is 0 Å². The molecule has 1 saturated heterocycles. The van der Waals surface area contributed by atoms with Crippen LogP contribution in [0.4, 0.5) is 0 Å². The number of halogens is 1. The van der Waals surface area contributed by atoms with E-state index in [2.05, 4.69) is 59.5 Å². The molecule has 2 aromatic rings. The quantitative estimate of drug-likeness (QED) is 0.701. The minimum Gasteiger partial charge on any atom is -0.371 e. The molecule has 0 amide bonds. The van der Waals surface area contributed by atoms with E-state index < -0.39 is 0 Å². The molecule has 1 aliphatic heterocycles. The zero-order valence-corrected chi connectivity index (χ0v) is 15.1. The van der Waals surface area contributed by atoms with Crippen LogP contribution in [0, 0.1) is 0 Å². The number of rotatable bonds is 7. The lowest BCUT2D eigenvalue weighted by Crippen LogP contribution is -2.39. The van der Waals surface area contributed by atoms with Crippen LogP contribution in [0.25, 0.3) is 0 Å². The molecule has 0 radical (unpaired) electrons. The maximum atomic E-state index is 10.9. The standard InChI is InChI=1S/C21H24ClNO2/c22-21(24)12-13-23-14-15-25-20(16-23)19-10-8-18(9-11-19)7-6-17-4-2-1-3-5-17/h1-5,8-11,20H,6-7,12-16H2. The monoisotopic (exact) mass is 357 g/mol. The first-order valence-electron chi connectivity index (χ1n) is 8.86. The van der Waals surface area contributed by atoms with E-state index >= 15 is 0 Å². The number of ether oxygens (including phenoxy) is 1. The van der Waals surface area contributed by atoms with Crippen LogP contribution in [0.1, 0.15) is 29.2 Å². The average Bonchev–Trinajstić information content (AvgIpc) is 2.66. The van der Waals surface area contributed by atoms with E-state index in [-0.39, 0.29) is 11.3 Å². The Hall–Kier alpha value is -1.68. The minimum atomic E-state index is -0.272. The summed E-state index contributed by atoms with van der Waals surface area (Å²) in [4.78, 5) is 13.2. The number of hydrogen-bond acceptors (Lipinski definition) is 3. The molecule has 1 heterocycles. The van der Waals surface area contributed by atoms with Crippen molar-refractivity contribution in [3.05, 3.63) is 71.3 Å². The molecule has 1 aliphatic rings. The second kappa shape index (κ2) is 9.14. The second-order valence-corrected chi connectivity index (χ2v) is 6.91. The number of nitrogens with zero attached hydrogens (tertiary/aromatic N) is 1. The third-order valence-electron chi connectivity index (χ3n) is 4.67. The first kappa shape index (κ1) is 18.1. The van der Waals surface area contributed by atoms with E-state index in [9.17, 15) is 4.79 Å². The molecule has 0 aliphatic carbocycles. The van der Waals surface area contributed by atoms with Gasteiger partial charge in [-0.05, 0) is 41.1 Å². The van der Waals surface area contributed by atoms with Crippen molar-refractivity contribution in [1.29, 1.82) is 0 Å². The van der Waals surface area contributed by atoms with Crippen molar-refractivity contribution in [2.24, 2.45) is 0 Å². The number of aryl methyl sites for hydroxylation is 2. The summed E-state index contributed by atoms with van der Waals surface area (Å²) in [6.07, 6.45) is 2.56. The normalized spacial score (nSPS) is 18.2. The van der Waals surface area contributed by atoms with Crippen molar-refractivity contribution in [2.75, 3.05) is 26.2 Å². The topological polar surface area (TPSA) is 29.5 Å². The fraction of sp³-hybridized carbons (Fsp3) is 0.381. The summed E-state index contributed by atoms with van der Waals surface area (Å²) in [5, 5.41) is -0.272. The lowest BCUT2D eigenvalue weighted by Gasteiger charge is -2.33. The van der Waals surface area contributed by atoms with Gasteiger partial charge in [-0.2, -0.15) is 0 Å². The van der Waals surface area contributed by atoms with Crippen LogP contribution < -0.4 is 0 Å². The molecule has 0 saturated carbocycles. The maximum Gasteiger partial charge on any atom is 0.222 e. The van der Waals surface area contributed by atoms with Crippen LogP contribution in [-0.2, 0) is 22.4 Å². The largest absolute Gasteiger partial charge is 0.371 e. The van der Waals surface area contributed by atoms with E-state index in [0.29, 0.717) is 19.6 Å². The molecule has 0 spiro atoms. The fourth-order valence-electron chi connectivity index (χ4n) is 3.19. The third-order valence-corrected chi connectivity index (χ3v) is 4.86. The van der Waals surface area contributed by atoms with E-state index in [1.807, 2.05) is 0 Å². The van der Waals surface area contributed by atoms with Gasteiger partial charge >= 0.3 is 0 Å². The summed E-state index contributed by atoms with van der Waals surface area (Å²) < 4.78 is 5.91. The minimum absolute atomic E-state index is 0.0716. The number of carbonyl (C=O) groups excluding carboxylic acids is 1. The van der Waals surface area contributed by atoms with Crippen LogP contribution in [0.3, 0.4) is 0 Å². The molecule has 1 atom stereocenters. The summed E-state index contributed by atoms with van der Waals surface area (Å²) in [5.41, 5.74) is 3.91. The third kappa shape index (κ3) is 5.67. The molecule has 0 N–H and O–H groups in total. The lowest BCUT2D eigenvalue weighted by molar-refractivity contribution is -0.112. The van der Waals surface area contributed by atoms with Crippen molar-refractivity contribution < 1.29 is 9.53 Å². The fourth-order valence-corrected chi connectivity index (χ4v) is 3.27.